The quantitative estimate of drug-likeness (QED) is 0.885. The first-order valence-electron chi connectivity index (χ1n) is 6.86. The summed E-state index contributed by atoms with van der Waals surface area (Å²) in [7, 11) is 3.23. The fraction of sp³-hybridized carbons (Fsp3) is 0.294. The van der Waals surface area contributed by atoms with Crippen molar-refractivity contribution in [3.63, 3.8) is 0 Å². The van der Waals surface area contributed by atoms with Gasteiger partial charge < -0.3 is 19.9 Å². The number of aryl methyl sites for hydroxylation is 1. The molecule has 0 aliphatic rings. The molecule has 0 unspecified atom stereocenters. The summed E-state index contributed by atoms with van der Waals surface area (Å²) in [4.78, 5) is 0. The van der Waals surface area contributed by atoms with Crippen LogP contribution in [-0.4, -0.2) is 20.8 Å². The van der Waals surface area contributed by atoms with Crippen LogP contribution in [0.1, 0.15) is 11.1 Å². The highest BCUT2D eigenvalue weighted by Crippen LogP contribution is 2.31. The van der Waals surface area contributed by atoms with Crippen LogP contribution in [0.3, 0.4) is 0 Å². The van der Waals surface area contributed by atoms with Gasteiger partial charge in [0.2, 0.25) is 0 Å². The molecule has 4 nitrogen and oxygen atoms in total. The van der Waals surface area contributed by atoms with Crippen molar-refractivity contribution in [2.75, 3.05) is 20.8 Å². The molecule has 0 spiro atoms. The van der Waals surface area contributed by atoms with Crippen molar-refractivity contribution in [3.8, 4) is 23.0 Å². The minimum absolute atomic E-state index is 0.647. The molecule has 0 amide bonds. The van der Waals surface area contributed by atoms with Crippen molar-refractivity contribution in [3.05, 3.63) is 47.5 Å². The van der Waals surface area contributed by atoms with Gasteiger partial charge in [0.25, 0.3) is 0 Å². The van der Waals surface area contributed by atoms with Gasteiger partial charge in [0.15, 0.2) is 0 Å². The summed E-state index contributed by atoms with van der Waals surface area (Å²) in [5.41, 5.74) is 8.01. The van der Waals surface area contributed by atoms with E-state index < -0.39 is 0 Å². The van der Waals surface area contributed by atoms with Gasteiger partial charge >= 0.3 is 0 Å². The average Bonchev–Trinajstić information content (AvgIpc) is 2.49. The maximum Gasteiger partial charge on any atom is 0.134 e. The molecule has 0 heterocycles. The normalized spacial score (nSPS) is 10.3. The molecule has 2 aromatic carbocycles. The van der Waals surface area contributed by atoms with Crippen LogP contribution < -0.4 is 19.9 Å². The van der Waals surface area contributed by atoms with E-state index in [2.05, 4.69) is 13.0 Å². The van der Waals surface area contributed by atoms with E-state index in [-0.39, 0.29) is 0 Å². The number of ether oxygens (including phenoxy) is 3. The van der Waals surface area contributed by atoms with Gasteiger partial charge in [-0.1, -0.05) is 6.07 Å². The Labute approximate surface area is 125 Å². The van der Waals surface area contributed by atoms with Crippen LogP contribution >= 0.6 is 0 Å². The molecule has 0 aliphatic carbocycles. The van der Waals surface area contributed by atoms with E-state index in [1.54, 1.807) is 14.2 Å². The Morgan fingerprint density at radius 2 is 1.48 bits per heavy atom. The third kappa shape index (κ3) is 3.89. The molecule has 0 saturated heterocycles. The Hall–Kier alpha value is -2.20. The lowest BCUT2D eigenvalue weighted by molar-refractivity contribution is 0.386. The zero-order valence-electron chi connectivity index (χ0n) is 12.7. The highest BCUT2D eigenvalue weighted by molar-refractivity contribution is 5.45. The maximum absolute atomic E-state index is 5.89. The summed E-state index contributed by atoms with van der Waals surface area (Å²) in [6.07, 6.45) is 0.874. The van der Waals surface area contributed by atoms with Gasteiger partial charge in [0.1, 0.15) is 23.0 Å². The number of nitrogens with two attached hydrogens (primary N) is 1. The first kappa shape index (κ1) is 15.2. The van der Waals surface area contributed by atoms with Crippen LogP contribution in [-0.2, 0) is 6.42 Å². The van der Waals surface area contributed by atoms with Gasteiger partial charge in [-0.2, -0.15) is 0 Å². The van der Waals surface area contributed by atoms with E-state index in [1.165, 1.54) is 11.1 Å². The predicted molar refractivity (Wildman–Crippen MR) is 83.6 cm³/mol. The summed E-state index contributed by atoms with van der Waals surface area (Å²) in [6, 6.07) is 11.5. The van der Waals surface area contributed by atoms with Crippen molar-refractivity contribution in [2.24, 2.45) is 5.73 Å². The molecule has 0 atom stereocenters. The molecule has 0 radical (unpaired) electrons. The van der Waals surface area contributed by atoms with E-state index >= 15 is 0 Å². The lowest BCUT2D eigenvalue weighted by atomic mass is 10.1. The molecular formula is C17H21NO3. The van der Waals surface area contributed by atoms with Crippen molar-refractivity contribution in [2.45, 2.75) is 13.3 Å². The van der Waals surface area contributed by atoms with Gasteiger partial charge in [-0.25, -0.2) is 0 Å². The minimum atomic E-state index is 0.647. The Balaban J connectivity index is 2.23. The molecule has 2 aromatic rings. The van der Waals surface area contributed by atoms with Crippen molar-refractivity contribution >= 4 is 0 Å². The molecule has 0 aliphatic heterocycles. The highest BCUT2D eigenvalue weighted by Gasteiger charge is 2.06. The second-order valence-corrected chi connectivity index (χ2v) is 4.78. The van der Waals surface area contributed by atoms with Gasteiger partial charge in [-0.05, 0) is 43.1 Å². The molecule has 112 valence electrons. The van der Waals surface area contributed by atoms with Gasteiger partial charge in [-0.3, -0.25) is 0 Å². The first-order valence-corrected chi connectivity index (χ1v) is 6.86. The Bertz CT molecular complexity index is 589. The molecule has 2 N–H and O–H groups in total. The van der Waals surface area contributed by atoms with Crippen LogP contribution in [0.25, 0.3) is 0 Å². The van der Waals surface area contributed by atoms with E-state index in [0.29, 0.717) is 23.8 Å². The summed E-state index contributed by atoms with van der Waals surface area (Å²) >= 11 is 0. The number of benzene rings is 2. The summed E-state index contributed by atoms with van der Waals surface area (Å²) in [5.74, 6) is 2.85. The molecule has 0 fully saturated rings. The van der Waals surface area contributed by atoms with E-state index in [1.807, 2.05) is 30.3 Å². The van der Waals surface area contributed by atoms with E-state index in [0.717, 1.165) is 12.2 Å². The Kier molecular flexibility index (Phi) is 5.06. The fourth-order valence-corrected chi connectivity index (χ4v) is 2.14. The maximum atomic E-state index is 5.89. The Morgan fingerprint density at radius 1 is 0.857 bits per heavy atom. The van der Waals surface area contributed by atoms with Crippen LogP contribution in [0.2, 0.25) is 0 Å². The van der Waals surface area contributed by atoms with Crippen molar-refractivity contribution in [1.29, 1.82) is 0 Å². The number of rotatable bonds is 6. The molecule has 0 saturated carbocycles. The molecule has 0 aromatic heterocycles. The summed E-state index contributed by atoms with van der Waals surface area (Å²) in [5, 5.41) is 0. The van der Waals surface area contributed by atoms with Crippen LogP contribution in [0.5, 0.6) is 23.0 Å². The molecule has 4 heteroatoms. The summed E-state index contributed by atoms with van der Waals surface area (Å²) < 4.78 is 16.4. The molecule has 21 heavy (non-hydrogen) atoms. The largest absolute Gasteiger partial charge is 0.496 e. The highest BCUT2D eigenvalue weighted by atomic mass is 16.5. The molecule has 2 rings (SSSR count). The van der Waals surface area contributed by atoms with Gasteiger partial charge in [0, 0.05) is 18.2 Å². The van der Waals surface area contributed by atoms with Crippen LogP contribution in [0, 0.1) is 6.92 Å². The third-order valence-electron chi connectivity index (χ3n) is 3.29. The summed E-state index contributed by atoms with van der Waals surface area (Å²) in [6.45, 7) is 2.71. The monoisotopic (exact) mass is 287 g/mol. The van der Waals surface area contributed by atoms with Crippen LogP contribution in [0.15, 0.2) is 36.4 Å². The number of hydrogen-bond acceptors (Lipinski definition) is 4. The SMILES string of the molecule is COc1cc(OC)cc(Oc2ccc(CCN)c(C)c2)c1. The van der Waals surface area contributed by atoms with Crippen molar-refractivity contribution in [1.82, 2.24) is 0 Å². The second kappa shape index (κ2) is 6.99. The van der Waals surface area contributed by atoms with Crippen molar-refractivity contribution < 1.29 is 14.2 Å². The number of hydrogen-bond donors (Lipinski definition) is 1. The minimum Gasteiger partial charge on any atom is -0.496 e. The lowest BCUT2D eigenvalue weighted by Crippen LogP contribution is -2.04. The van der Waals surface area contributed by atoms with Gasteiger partial charge in [0.05, 0.1) is 14.2 Å². The number of methoxy groups -OCH3 is 2. The predicted octanol–water partition coefficient (Wildman–Crippen LogP) is 3.31. The zero-order valence-corrected chi connectivity index (χ0v) is 12.7. The lowest BCUT2D eigenvalue weighted by Gasteiger charge is -2.12. The zero-order chi connectivity index (χ0) is 15.2. The fourth-order valence-electron chi connectivity index (χ4n) is 2.14. The first-order chi connectivity index (χ1) is 10.2. The van der Waals surface area contributed by atoms with E-state index in [9.17, 15) is 0 Å². The molecule has 0 bridgehead atoms. The van der Waals surface area contributed by atoms with Gasteiger partial charge in [-0.15, -0.1) is 0 Å². The topological polar surface area (TPSA) is 53.7 Å². The van der Waals surface area contributed by atoms with Crippen LogP contribution in [0.4, 0.5) is 0 Å². The van der Waals surface area contributed by atoms with E-state index in [4.69, 9.17) is 19.9 Å². The standard InChI is InChI=1S/C17H21NO3/c1-12-8-14(5-4-13(12)6-7-18)21-17-10-15(19-2)9-16(11-17)20-3/h4-5,8-11H,6-7,18H2,1-3H3. The Morgan fingerprint density at radius 3 is 2.00 bits per heavy atom. The smallest absolute Gasteiger partial charge is 0.134 e. The third-order valence-corrected chi connectivity index (χ3v) is 3.29. The second-order valence-electron chi connectivity index (χ2n) is 4.78. The molecular weight excluding hydrogens is 266 g/mol. The average molecular weight is 287 g/mol.